The molecule has 0 radical (unpaired) electrons. The van der Waals surface area contributed by atoms with Crippen molar-refractivity contribution in [3.8, 4) is 11.1 Å². The van der Waals surface area contributed by atoms with E-state index in [0.717, 1.165) is 42.9 Å². The van der Waals surface area contributed by atoms with Crippen LogP contribution in [-0.2, 0) is 9.53 Å². The Balaban J connectivity index is 1.31. The molecule has 1 fully saturated rings. The van der Waals surface area contributed by atoms with E-state index in [0.29, 0.717) is 6.54 Å². The SMILES string of the molecule is COC(=O)C1CCCCN1CC1=CC2C=CN=C(Nc3cccc(-c4ccccc4)c3C)C2N=C1. The van der Waals surface area contributed by atoms with Crippen LogP contribution >= 0.6 is 0 Å². The molecule has 1 saturated heterocycles. The van der Waals surface area contributed by atoms with Crippen molar-refractivity contribution in [2.24, 2.45) is 15.9 Å². The summed E-state index contributed by atoms with van der Waals surface area (Å²) in [7, 11) is 1.47. The quantitative estimate of drug-likeness (QED) is 0.626. The number of benzene rings is 2. The van der Waals surface area contributed by atoms with Crippen molar-refractivity contribution >= 4 is 23.7 Å². The number of aliphatic imine (C=N–C) groups is 2. The molecule has 5 rings (SSSR count). The van der Waals surface area contributed by atoms with E-state index in [4.69, 9.17) is 9.73 Å². The van der Waals surface area contributed by atoms with Gasteiger partial charge in [0.1, 0.15) is 17.9 Å². The molecule has 0 aromatic heterocycles. The van der Waals surface area contributed by atoms with Crippen molar-refractivity contribution < 1.29 is 9.53 Å². The normalized spacial score (nSPS) is 23.8. The molecule has 35 heavy (non-hydrogen) atoms. The van der Waals surface area contributed by atoms with Crippen LogP contribution in [0.3, 0.4) is 0 Å². The van der Waals surface area contributed by atoms with E-state index in [1.807, 2.05) is 18.5 Å². The average Bonchev–Trinajstić information content (AvgIpc) is 2.90. The minimum absolute atomic E-state index is 0.0821. The molecule has 3 aliphatic heterocycles. The Hall–Kier alpha value is -3.51. The number of hydrogen-bond donors (Lipinski definition) is 1. The number of esters is 1. The van der Waals surface area contributed by atoms with Gasteiger partial charge in [0.2, 0.25) is 0 Å². The van der Waals surface area contributed by atoms with Crippen LogP contribution in [-0.4, -0.2) is 55.2 Å². The van der Waals surface area contributed by atoms with Gasteiger partial charge in [-0.1, -0.05) is 61.0 Å². The van der Waals surface area contributed by atoms with Gasteiger partial charge in [0.15, 0.2) is 0 Å². The monoisotopic (exact) mass is 468 g/mol. The third kappa shape index (κ3) is 4.98. The molecule has 180 valence electrons. The van der Waals surface area contributed by atoms with Gasteiger partial charge in [0.05, 0.1) is 7.11 Å². The molecule has 3 heterocycles. The van der Waals surface area contributed by atoms with Gasteiger partial charge in [-0.25, -0.2) is 4.99 Å². The number of nitrogens with zero attached hydrogens (tertiary/aromatic N) is 3. The standard InChI is InChI=1S/C29H32N4O2/c1-20-24(22-9-4-3-5-10-22)11-8-12-25(20)32-28-27-23(14-15-30-28)17-21(18-31-27)19-33-16-7-6-13-26(33)29(34)35-2/h3-5,8-12,14-15,17-18,23,26-27H,6-7,13,16,19H2,1-2H3,(H,30,32). The number of hydrogen-bond acceptors (Lipinski definition) is 6. The highest BCUT2D eigenvalue weighted by Gasteiger charge is 2.32. The Morgan fingerprint density at radius 1 is 1.14 bits per heavy atom. The zero-order valence-electron chi connectivity index (χ0n) is 20.4. The van der Waals surface area contributed by atoms with Crippen molar-refractivity contribution in [2.75, 3.05) is 25.5 Å². The number of carbonyl (C=O) groups excluding carboxylic acids is 1. The number of piperidine rings is 1. The van der Waals surface area contributed by atoms with Crippen molar-refractivity contribution in [1.82, 2.24) is 4.90 Å². The fraction of sp³-hybridized carbons (Fsp3) is 0.345. The van der Waals surface area contributed by atoms with E-state index in [-0.39, 0.29) is 24.0 Å². The number of nitrogens with one attached hydrogen (secondary N) is 1. The van der Waals surface area contributed by atoms with E-state index in [1.165, 1.54) is 23.8 Å². The van der Waals surface area contributed by atoms with Crippen LogP contribution in [0.1, 0.15) is 24.8 Å². The largest absolute Gasteiger partial charge is 0.468 e. The molecule has 2 aromatic carbocycles. The summed E-state index contributed by atoms with van der Waals surface area (Å²) in [6.45, 7) is 3.75. The molecule has 6 nitrogen and oxygen atoms in total. The van der Waals surface area contributed by atoms with Crippen LogP contribution in [0.5, 0.6) is 0 Å². The highest BCUT2D eigenvalue weighted by molar-refractivity contribution is 6.03. The predicted octanol–water partition coefficient (Wildman–Crippen LogP) is 5.02. The lowest BCUT2D eigenvalue weighted by Gasteiger charge is -2.35. The minimum atomic E-state index is -0.165. The lowest BCUT2D eigenvalue weighted by atomic mass is 9.91. The summed E-state index contributed by atoms with van der Waals surface area (Å²) in [5, 5.41) is 3.57. The number of carbonyl (C=O) groups is 1. The number of likely N-dealkylation sites (tertiary alicyclic amines) is 1. The van der Waals surface area contributed by atoms with Crippen molar-refractivity contribution in [2.45, 2.75) is 38.3 Å². The molecule has 0 amide bonds. The molecule has 3 atom stereocenters. The third-order valence-corrected chi connectivity index (χ3v) is 7.13. The Bertz CT molecular complexity index is 1200. The number of dihydropyridines is 1. The fourth-order valence-corrected chi connectivity index (χ4v) is 5.23. The van der Waals surface area contributed by atoms with Gasteiger partial charge in [-0.05, 0) is 54.6 Å². The van der Waals surface area contributed by atoms with Gasteiger partial charge >= 0.3 is 5.97 Å². The lowest BCUT2D eigenvalue weighted by Crippen LogP contribution is -2.46. The summed E-state index contributed by atoms with van der Waals surface area (Å²) in [5.74, 6) is 0.844. The van der Waals surface area contributed by atoms with Crippen LogP contribution in [0.2, 0.25) is 0 Å². The molecule has 0 saturated carbocycles. The first kappa shape index (κ1) is 23.2. The molecule has 3 aliphatic rings. The average molecular weight is 469 g/mol. The molecule has 1 N–H and O–H groups in total. The highest BCUT2D eigenvalue weighted by atomic mass is 16.5. The van der Waals surface area contributed by atoms with Crippen molar-refractivity contribution in [1.29, 1.82) is 0 Å². The zero-order valence-corrected chi connectivity index (χ0v) is 20.4. The number of amidine groups is 1. The Labute approximate surface area is 207 Å². The number of rotatable bonds is 5. The van der Waals surface area contributed by atoms with Crippen LogP contribution in [0.4, 0.5) is 5.69 Å². The molecule has 2 aromatic rings. The second-order valence-electron chi connectivity index (χ2n) is 9.37. The Morgan fingerprint density at radius 3 is 2.83 bits per heavy atom. The van der Waals surface area contributed by atoms with Gasteiger partial charge in [-0.15, -0.1) is 0 Å². The number of anilines is 1. The maximum absolute atomic E-state index is 12.3. The van der Waals surface area contributed by atoms with E-state index in [9.17, 15) is 4.79 Å². The van der Waals surface area contributed by atoms with Crippen molar-refractivity contribution in [3.63, 3.8) is 0 Å². The summed E-state index contributed by atoms with van der Waals surface area (Å²) in [5.41, 5.74) is 5.76. The van der Waals surface area contributed by atoms with Crippen LogP contribution in [0.15, 0.2) is 82.4 Å². The number of ether oxygens (including phenoxy) is 1. The Morgan fingerprint density at radius 2 is 2.00 bits per heavy atom. The summed E-state index contributed by atoms with van der Waals surface area (Å²) < 4.78 is 5.04. The smallest absolute Gasteiger partial charge is 0.323 e. The topological polar surface area (TPSA) is 66.3 Å². The van der Waals surface area contributed by atoms with Gasteiger partial charge in [-0.3, -0.25) is 14.7 Å². The van der Waals surface area contributed by atoms with Gasteiger partial charge < -0.3 is 10.1 Å². The van der Waals surface area contributed by atoms with E-state index in [2.05, 4.69) is 76.7 Å². The maximum atomic E-state index is 12.3. The summed E-state index contributed by atoms with van der Waals surface area (Å²) in [6.07, 6.45) is 11.2. The van der Waals surface area contributed by atoms with Crippen LogP contribution in [0, 0.1) is 12.8 Å². The zero-order chi connectivity index (χ0) is 24.2. The van der Waals surface area contributed by atoms with Gasteiger partial charge in [0.25, 0.3) is 0 Å². The number of methoxy groups -OCH3 is 1. The van der Waals surface area contributed by atoms with Crippen molar-refractivity contribution in [3.05, 3.63) is 78.0 Å². The first-order valence-electron chi connectivity index (χ1n) is 12.4. The minimum Gasteiger partial charge on any atom is -0.468 e. The second-order valence-corrected chi connectivity index (χ2v) is 9.37. The lowest BCUT2D eigenvalue weighted by molar-refractivity contribution is -0.148. The first-order chi connectivity index (χ1) is 17.1. The fourth-order valence-electron chi connectivity index (χ4n) is 5.23. The highest BCUT2D eigenvalue weighted by Crippen LogP contribution is 2.30. The van der Waals surface area contributed by atoms with Gasteiger partial charge in [0, 0.05) is 30.6 Å². The van der Waals surface area contributed by atoms with Crippen LogP contribution in [0.25, 0.3) is 11.1 Å². The van der Waals surface area contributed by atoms with E-state index < -0.39 is 0 Å². The number of fused-ring (bicyclic) bond motifs is 1. The third-order valence-electron chi connectivity index (χ3n) is 7.13. The predicted molar refractivity (Wildman–Crippen MR) is 142 cm³/mol. The first-order valence-corrected chi connectivity index (χ1v) is 12.4. The maximum Gasteiger partial charge on any atom is 0.323 e. The summed E-state index contributed by atoms with van der Waals surface area (Å²) in [6, 6.07) is 16.5. The van der Waals surface area contributed by atoms with E-state index in [1.54, 1.807) is 0 Å². The molecule has 6 heteroatoms. The molecule has 3 unspecified atom stereocenters. The van der Waals surface area contributed by atoms with Gasteiger partial charge in [-0.2, -0.15) is 0 Å². The van der Waals surface area contributed by atoms with Crippen LogP contribution < -0.4 is 5.32 Å². The molecule has 0 bridgehead atoms. The molecule has 0 aliphatic carbocycles. The summed E-state index contributed by atoms with van der Waals surface area (Å²) >= 11 is 0. The summed E-state index contributed by atoms with van der Waals surface area (Å²) in [4.78, 5) is 24.0. The molecule has 0 spiro atoms. The Kier molecular flexibility index (Phi) is 6.91. The molecular weight excluding hydrogens is 436 g/mol. The second kappa shape index (κ2) is 10.4. The molecular formula is C29H32N4O2. The van der Waals surface area contributed by atoms with E-state index >= 15 is 0 Å².